The predicted molar refractivity (Wildman–Crippen MR) is 97.9 cm³/mol. The zero-order chi connectivity index (χ0) is 20.5. The first-order valence-corrected chi connectivity index (χ1v) is 8.14. The highest BCUT2D eigenvalue weighted by atomic mass is 19.1. The van der Waals surface area contributed by atoms with Crippen LogP contribution in [0.15, 0.2) is 42.5 Å². The van der Waals surface area contributed by atoms with Crippen LogP contribution in [0.4, 0.5) is 10.1 Å². The van der Waals surface area contributed by atoms with E-state index in [0.717, 1.165) is 6.07 Å². The second-order valence-electron chi connectivity index (χ2n) is 5.47. The topological polar surface area (TPSA) is 103 Å². The summed E-state index contributed by atoms with van der Waals surface area (Å²) in [4.78, 5) is 35.4. The van der Waals surface area contributed by atoms with Crippen molar-refractivity contribution in [1.29, 1.82) is 0 Å². The van der Waals surface area contributed by atoms with Crippen LogP contribution >= 0.6 is 0 Å². The highest BCUT2D eigenvalue weighted by Crippen LogP contribution is 2.28. The Labute approximate surface area is 160 Å². The molecule has 0 aromatic heterocycles. The Hall–Kier alpha value is -3.62. The van der Waals surface area contributed by atoms with Crippen molar-refractivity contribution in [1.82, 2.24) is 5.32 Å². The van der Waals surface area contributed by atoms with Gasteiger partial charge < -0.3 is 24.8 Å². The van der Waals surface area contributed by atoms with Crippen LogP contribution in [0, 0.1) is 5.82 Å². The molecule has 0 aliphatic heterocycles. The summed E-state index contributed by atoms with van der Waals surface area (Å²) in [7, 11) is 2.94. The number of carbonyl (C=O) groups is 3. The quantitative estimate of drug-likeness (QED) is 0.666. The second kappa shape index (κ2) is 9.91. The minimum Gasteiger partial charge on any atom is -0.497 e. The van der Waals surface area contributed by atoms with E-state index in [-0.39, 0.29) is 5.56 Å². The minimum atomic E-state index is -0.818. The Kier molecular flexibility index (Phi) is 7.32. The molecule has 0 radical (unpaired) electrons. The van der Waals surface area contributed by atoms with Crippen molar-refractivity contribution in [2.45, 2.75) is 0 Å². The van der Waals surface area contributed by atoms with Crippen molar-refractivity contribution in [3.63, 3.8) is 0 Å². The van der Waals surface area contributed by atoms with Crippen molar-refractivity contribution >= 4 is 23.5 Å². The van der Waals surface area contributed by atoms with Crippen LogP contribution in [0.2, 0.25) is 0 Å². The molecule has 8 nitrogen and oxygen atoms in total. The Bertz CT molecular complexity index is 871. The third-order valence-corrected chi connectivity index (χ3v) is 3.53. The van der Waals surface area contributed by atoms with E-state index in [0.29, 0.717) is 17.2 Å². The molecule has 0 aliphatic rings. The maximum atomic E-state index is 13.1. The number of anilines is 1. The number of carbonyl (C=O) groups excluding carboxylic acids is 3. The van der Waals surface area contributed by atoms with E-state index in [2.05, 4.69) is 10.6 Å². The van der Waals surface area contributed by atoms with E-state index >= 15 is 0 Å². The number of hydrogen-bond acceptors (Lipinski definition) is 6. The molecular weight excluding hydrogens is 371 g/mol. The number of amides is 2. The van der Waals surface area contributed by atoms with E-state index < -0.39 is 36.8 Å². The van der Waals surface area contributed by atoms with Crippen LogP contribution in [-0.2, 0) is 14.3 Å². The van der Waals surface area contributed by atoms with E-state index in [4.69, 9.17) is 14.2 Å². The van der Waals surface area contributed by atoms with Crippen molar-refractivity contribution in [2.75, 3.05) is 32.7 Å². The number of rotatable bonds is 8. The fourth-order valence-electron chi connectivity index (χ4n) is 2.17. The fourth-order valence-corrected chi connectivity index (χ4v) is 2.17. The maximum absolute atomic E-state index is 13.1. The summed E-state index contributed by atoms with van der Waals surface area (Å²) >= 11 is 0. The normalized spacial score (nSPS) is 9.96. The SMILES string of the molecule is COc1ccc(NC(=O)COC(=O)CNC(=O)c2cccc(F)c2)c(OC)c1. The van der Waals surface area contributed by atoms with E-state index in [9.17, 15) is 18.8 Å². The van der Waals surface area contributed by atoms with Gasteiger partial charge in [0, 0.05) is 11.6 Å². The van der Waals surface area contributed by atoms with E-state index in [1.54, 1.807) is 18.2 Å². The summed E-state index contributed by atoms with van der Waals surface area (Å²) in [5, 5.41) is 4.82. The van der Waals surface area contributed by atoms with Gasteiger partial charge in [0.25, 0.3) is 11.8 Å². The van der Waals surface area contributed by atoms with Crippen LogP contribution in [0.5, 0.6) is 11.5 Å². The second-order valence-corrected chi connectivity index (χ2v) is 5.47. The lowest BCUT2D eigenvalue weighted by atomic mass is 10.2. The lowest BCUT2D eigenvalue weighted by molar-refractivity contribution is -0.146. The molecule has 148 valence electrons. The average Bonchev–Trinajstić information content (AvgIpc) is 2.70. The Balaban J connectivity index is 1.79. The zero-order valence-electron chi connectivity index (χ0n) is 15.3. The standard InChI is InChI=1S/C19H19FN2O6/c1-26-14-6-7-15(16(9-14)27-2)22-17(23)11-28-18(24)10-21-19(25)12-4-3-5-13(20)8-12/h3-9H,10-11H2,1-2H3,(H,21,25)(H,22,23). The minimum absolute atomic E-state index is 0.0668. The molecule has 9 heteroatoms. The Morgan fingerprint density at radius 1 is 1.04 bits per heavy atom. The molecule has 0 heterocycles. The number of hydrogen-bond donors (Lipinski definition) is 2. The Morgan fingerprint density at radius 2 is 1.82 bits per heavy atom. The molecule has 0 bridgehead atoms. The molecule has 0 fully saturated rings. The molecule has 0 spiro atoms. The van der Waals surface area contributed by atoms with Gasteiger partial charge in [-0.15, -0.1) is 0 Å². The molecule has 0 saturated heterocycles. The highest BCUT2D eigenvalue weighted by molar-refractivity contribution is 5.97. The number of halogens is 1. The van der Waals surface area contributed by atoms with Gasteiger partial charge in [0.15, 0.2) is 6.61 Å². The largest absolute Gasteiger partial charge is 0.497 e. The monoisotopic (exact) mass is 390 g/mol. The molecule has 2 N–H and O–H groups in total. The first-order valence-electron chi connectivity index (χ1n) is 8.14. The zero-order valence-corrected chi connectivity index (χ0v) is 15.3. The molecule has 0 aliphatic carbocycles. The van der Waals surface area contributed by atoms with Crippen LogP contribution in [-0.4, -0.2) is 45.2 Å². The molecule has 2 amide bonds. The van der Waals surface area contributed by atoms with Crippen molar-refractivity contribution in [3.8, 4) is 11.5 Å². The highest BCUT2D eigenvalue weighted by Gasteiger charge is 2.13. The lowest BCUT2D eigenvalue weighted by Gasteiger charge is -2.12. The van der Waals surface area contributed by atoms with Gasteiger partial charge in [-0.1, -0.05) is 6.07 Å². The fraction of sp³-hybridized carbons (Fsp3) is 0.211. The predicted octanol–water partition coefficient (Wildman–Crippen LogP) is 1.75. The summed E-state index contributed by atoms with van der Waals surface area (Å²) in [5.74, 6) is -1.68. The molecule has 28 heavy (non-hydrogen) atoms. The van der Waals surface area contributed by atoms with Crippen molar-refractivity contribution < 1.29 is 33.0 Å². The van der Waals surface area contributed by atoms with Gasteiger partial charge in [-0.25, -0.2) is 4.39 Å². The summed E-state index contributed by atoms with van der Waals surface area (Å²) in [5.41, 5.74) is 0.445. The molecule has 2 aromatic rings. The third-order valence-electron chi connectivity index (χ3n) is 3.53. The maximum Gasteiger partial charge on any atom is 0.325 e. The van der Waals surface area contributed by atoms with E-state index in [1.807, 2.05) is 0 Å². The van der Waals surface area contributed by atoms with Crippen molar-refractivity contribution in [3.05, 3.63) is 53.8 Å². The lowest BCUT2D eigenvalue weighted by Crippen LogP contribution is -2.32. The van der Waals surface area contributed by atoms with Crippen LogP contribution in [0.25, 0.3) is 0 Å². The smallest absolute Gasteiger partial charge is 0.325 e. The number of esters is 1. The van der Waals surface area contributed by atoms with Gasteiger partial charge in [-0.05, 0) is 30.3 Å². The van der Waals surface area contributed by atoms with Gasteiger partial charge in [0.05, 0.1) is 19.9 Å². The number of methoxy groups -OCH3 is 2. The first kappa shape index (κ1) is 20.7. The molecule has 2 aromatic carbocycles. The van der Waals surface area contributed by atoms with Crippen molar-refractivity contribution in [2.24, 2.45) is 0 Å². The van der Waals surface area contributed by atoms with Crippen LogP contribution in [0.3, 0.4) is 0 Å². The van der Waals surface area contributed by atoms with Crippen LogP contribution in [0.1, 0.15) is 10.4 Å². The summed E-state index contributed by atoms with van der Waals surface area (Å²) < 4.78 is 28.1. The first-order chi connectivity index (χ1) is 13.4. The van der Waals surface area contributed by atoms with Gasteiger partial charge in [0.2, 0.25) is 0 Å². The summed E-state index contributed by atoms with van der Waals surface area (Å²) in [6.45, 7) is -1.02. The van der Waals surface area contributed by atoms with E-state index in [1.165, 1.54) is 32.4 Å². The van der Waals surface area contributed by atoms with Gasteiger partial charge in [-0.2, -0.15) is 0 Å². The van der Waals surface area contributed by atoms with Crippen LogP contribution < -0.4 is 20.1 Å². The van der Waals surface area contributed by atoms with Gasteiger partial charge in [0.1, 0.15) is 23.9 Å². The molecular formula is C19H19FN2O6. The average molecular weight is 390 g/mol. The molecule has 0 unspecified atom stereocenters. The summed E-state index contributed by atoms with van der Waals surface area (Å²) in [6.07, 6.45) is 0. The molecule has 2 rings (SSSR count). The third kappa shape index (κ3) is 5.97. The Morgan fingerprint density at radius 3 is 2.50 bits per heavy atom. The summed E-state index contributed by atoms with van der Waals surface area (Å²) in [6, 6.07) is 9.81. The number of ether oxygens (including phenoxy) is 3. The number of benzene rings is 2. The number of nitrogens with one attached hydrogen (secondary N) is 2. The van der Waals surface area contributed by atoms with Gasteiger partial charge in [-0.3, -0.25) is 14.4 Å². The van der Waals surface area contributed by atoms with Gasteiger partial charge >= 0.3 is 5.97 Å². The molecule has 0 atom stereocenters. The molecule has 0 saturated carbocycles.